The fourth-order valence-electron chi connectivity index (χ4n) is 2.60. The molecule has 0 saturated heterocycles. The van der Waals surface area contributed by atoms with Crippen LogP contribution in [-0.2, 0) is 5.75 Å². The highest BCUT2D eigenvalue weighted by Crippen LogP contribution is 2.32. The maximum absolute atomic E-state index is 5.24. The van der Waals surface area contributed by atoms with Crippen molar-refractivity contribution < 1.29 is 8.94 Å². The number of thioether (sulfide) groups is 1. The molecule has 1 aliphatic carbocycles. The first kappa shape index (κ1) is 13.5. The van der Waals surface area contributed by atoms with Crippen LogP contribution >= 0.6 is 11.8 Å². The van der Waals surface area contributed by atoms with Crippen LogP contribution in [0.3, 0.4) is 0 Å². The van der Waals surface area contributed by atoms with E-state index in [-0.39, 0.29) is 0 Å². The van der Waals surface area contributed by atoms with Gasteiger partial charge in [0.15, 0.2) is 5.76 Å². The summed E-state index contributed by atoms with van der Waals surface area (Å²) >= 11 is 1.50. The van der Waals surface area contributed by atoms with Crippen LogP contribution < -0.4 is 0 Å². The SMILES string of the molecule is c1coc(-c2noc(CSc3nnnn3C3CCCC3)n2)c1. The summed E-state index contributed by atoms with van der Waals surface area (Å²) in [4.78, 5) is 4.31. The van der Waals surface area contributed by atoms with E-state index in [1.54, 1.807) is 18.4 Å². The molecule has 0 atom stereocenters. The van der Waals surface area contributed by atoms with Crippen LogP contribution in [0.25, 0.3) is 11.6 Å². The van der Waals surface area contributed by atoms with Gasteiger partial charge in [-0.15, -0.1) is 5.10 Å². The minimum atomic E-state index is 0.416. The predicted octanol–water partition coefficient (Wildman–Crippen LogP) is 2.72. The van der Waals surface area contributed by atoms with Crippen LogP contribution in [0.15, 0.2) is 32.5 Å². The van der Waals surface area contributed by atoms with E-state index < -0.39 is 0 Å². The second-order valence-corrected chi connectivity index (χ2v) is 6.06. The van der Waals surface area contributed by atoms with Crippen molar-refractivity contribution in [3.05, 3.63) is 24.3 Å². The first-order valence-electron chi connectivity index (χ1n) is 7.17. The molecule has 0 spiro atoms. The molecule has 8 nitrogen and oxygen atoms in total. The van der Waals surface area contributed by atoms with Crippen molar-refractivity contribution in [1.82, 2.24) is 30.3 Å². The van der Waals surface area contributed by atoms with E-state index in [1.165, 1.54) is 24.6 Å². The van der Waals surface area contributed by atoms with Crippen LogP contribution in [0, 0.1) is 0 Å². The Kier molecular flexibility index (Phi) is 3.63. The number of tetrazole rings is 1. The van der Waals surface area contributed by atoms with Gasteiger partial charge in [-0.2, -0.15) is 4.98 Å². The molecule has 0 amide bonds. The highest BCUT2D eigenvalue weighted by molar-refractivity contribution is 7.98. The maximum Gasteiger partial charge on any atom is 0.238 e. The zero-order valence-electron chi connectivity index (χ0n) is 11.8. The van der Waals surface area contributed by atoms with E-state index in [4.69, 9.17) is 8.94 Å². The van der Waals surface area contributed by atoms with E-state index in [9.17, 15) is 0 Å². The Labute approximate surface area is 130 Å². The Morgan fingerprint density at radius 1 is 1.32 bits per heavy atom. The topological polar surface area (TPSA) is 95.7 Å². The van der Waals surface area contributed by atoms with Gasteiger partial charge < -0.3 is 8.94 Å². The number of nitrogens with zero attached hydrogens (tertiary/aromatic N) is 6. The Bertz CT molecular complexity index is 731. The van der Waals surface area contributed by atoms with Gasteiger partial charge in [0.2, 0.25) is 16.9 Å². The quantitative estimate of drug-likeness (QED) is 0.663. The van der Waals surface area contributed by atoms with Crippen LogP contribution in [-0.4, -0.2) is 30.3 Å². The minimum absolute atomic E-state index is 0.416. The Morgan fingerprint density at radius 3 is 3.05 bits per heavy atom. The lowest BCUT2D eigenvalue weighted by Crippen LogP contribution is -2.08. The molecule has 1 saturated carbocycles. The molecular weight excluding hydrogens is 304 g/mol. The van der Waals surface area contributed by atoms with Gasteiger partial charge >= 0.3 is 0 Å². The van der Waals surface area contributed by atoms with Crippen molar-refractivity contribution in [2.75, 3.05) is 0 Å². The van der Waals surface area contributed by atoms with Crippen molar-refractivity contribution in [2.24, 2.45) is 0 Å². The van der Waals surface area contributed by atoms with Gasteiger partial charge in [-0.3, -0.25) is 0 Å². The van der Waals surface area contributed by atoms with Crippen molar-refractivity contribution in [3.63, 3.8) is 0 Å². The van der Waals surface area contributed by atoms with Crippen molar-refractivity contribution in [1.29, 1.82) is 0 Å². The zero-order valence-corrected chi connectivity index (χ0v) is 12.6. The number of furan rings is 1. The van der Waals surface area contributed by atoms with Gasteiger partial charge in [0.05, 0.1) is 18.1 Å². The summed E-state index contributed by atoms with van der Waals surface area (Å²) < 4.78 is 12.4. The molecule has 9 heteroatoms. The molecule has 0 aromatic carbocycles. The molecule has 0 N–H and O–H groups in total. The largest absolute Gasteiger partial charge is 0.461 e. The lowest BCUT2D eigenvalue weighted by molar-refractivity contribution is 0.389. The summed E-state index contributed by atoms with van der Waals surface area (Å²) in [6, 6.07) is 4.00. The highest BCUT2D eigenvalue weighted by Gasteiger charge is 2.22. The molecule has 1 fully saturated rings. The number of hydrogen-bond acceptors (Lipinski definition) is 8. The molecule has 0 aliphatic heterocycles. The third-order valence-corrected chi connectivity index (χ3v) is 4.59. The number of aromatic nitrogens is 6. The average molecular weight is 318 g/mol. The summed E-state index contributed by atoms with van der Waals surface area (Å²) in [5, 5.41) is 16.7. The van der Waals surface area contributed by atoms with Gasteiger partial charge in [-0.05, 0) is 35.4 Å². The zero-order chi connectivity index (χ0) is 14.8. The Morgan fingerprint density at radius 2 is 2.23 bits per heavy atom. The second-order valence-electron chi connectivity index (χ2n) is 5.12. The first-order valence-corrected chi connectivity index (χ1v) is 8.16. The Balaban J connectivity index is 1.44. The van der Waals surface area contributed by atoms with Gasteiger partial charge in [0.25, 0.3) is 0 Å². The van der Waals surface area contributed by atoms with Crippen molar-refractivity contribution in [2.45, 2.75) is 42.6 Å². The highest BCUT2D eigenvalue weighted by atomic mass is 32.2. The molecule has 1 aliphatic rings. The smallest absolute Gasteiger partial charge is 0.238 e. The lowest BCUT2D eigenvalue weighted by atomic mass is 10.3. The summed E-state index contributed by atoms with van der Waals surface area (Å²) in [5.41, 5.74) is 0. The molecule has 3 aromatic heterocycles. The summed E-state index contributed by atoms with van der Waals surface area (Å²) in [5.74, 6) is 2.10. The molecule has 0 radical (unpaired) electrons. The van der Waals surface area contributed by atoms with Gasteiger partial charge in [-0.1, -0.05) is 29.8 Å². The molecule has 3 heterocycles. The van der Waals surface area contributed by atoms with Gasteiger partial charge in [-0.25, -0.2) is 4.68 Å². The van der Waals surface area contributed by atoms with Crippen LogP contribution in [0.4, 0.5) is 0 Å². The molecule has 0 bridgehead atoms. The van der Waals surface area contributed by atoms with Gasteiger partial charge in [0.1, 0.15) is 0 Å². The Hall–Kier alpha value is -2.16. The average Bonchev–Trinajstić information content (AvgIpc) is 3.33. The van der Waals surface area contributed by atoms with Crippen LogP contribution in [0.2, 0.25) is 0 Å². The number of rotatable bonds is 5. The number of hydrogen-bond donors (Lipinski definition) is 0. The van der Waals surface area contributed by atoms with Gasteiger partial charge in [0, 0.05) is 0 Å². The van der Waals surface area contributed by atoms with E-state index in [1.807, 2.05) is 4.68 Å². The molecule has 0 unspecified atom stereocenters. The molecular formula is C13H14N6O2S. The van der Waals surface area contributed by atoms with E-state index in [0.29, 0.717) is 29.3 Å². The third-order valence-electron chi connectivity index (χ3n) is 3.67. The first-order chi connectivity index (χ1) is 10.9. The summed E-state index contributed by atoms with van der Waals surface area (Å²) in [7, 11) is 0. The van der Waals surface area contributed by atoms with E-state index in [0.717, 1.165) is 18.0 Å². The second kappa shape index (κ2) is 5.91. The van der Waals surface area contributed by atoms with E-state index in [2.05, 4.69) is 25.7 Å². The monoisotopic (exact) mass is 318 g/mol. The molecule has 3 aromatic rings. The van der Waals surface area contributed by atoms with Crippen LogP contribution in [0.1, 0.15) is 37.6 Å². The summed E-state index contributed by atoms with van der Waals surface area (Å²) in [6.45, 7) is 0. The third kappa shape index (κ3) is 2.63. The van der Waals surface area contributed by atoms with Crippen molar-refractivity contribution >= 4 is 11.8 Å². The minimum Gasteiger partial charge on any atom is -0.461 e. The fourth-order valence-corrected chi connectivity index (χ4v) is 3.39. The maximum atomic E-state index is 5.24. The van der Waals surface area contributed by atoms with Crippen LogP contribution in [0.5, 0.6) is 0 Å². The lowest BCUT2D eigenvalue weighted by Gasteiger charge is -2.09. The van der Waals surface area contributed by atoms with E-state index >= 15 is 0 Å². The molecule has 114 valence electrons. The predicted molar refractivity (Wildman–Crippen MR) is 76.9 cm³/mol. The molecule has 22 heavy (non-hydrogen) atoms. The van der Waals surface area contributed by atoms with Crippen molar-refractivity contribution in [3.8, 4) is 11.6 Å². The fraction of sp³-hybridized carbons (Fsp3) is 0.462. The standard InChI is InChI=1S/C13H14N6O2S/c1-2-5-9(4-1)19-13(15-17-18-19)22-8-11-14-12(16-21-11)10-6-3-7-20-10/h3,6-7,9H,1-2,4-5,8H2. The summed E-state index contributed by atoms with van der Waals surface area (Å²) in [6.07, 6.45) is 6.34. The normalized spacial score (nSPS) is 15.6. The molecule has 4 rings (SSSR count).